The summed E-state index contributed by atoms with van der Waals surface area (Å²) >= 11 is 0. The zero-order valence-corrected chi connectivity index (χ0v) is 31.4. The van der Waals surface area contributed by atoms with Crippen LogP contribution in [0, 0.1) is 11.8 Å². The van der Waals surface area contributed by atoms with E-state index in [1.54, 1.807) is 0 Å². The van der Waals surface area contributed by atoms with Gasteiger partial charge in [-0.3, -0.25) is 9.59 Å². The van der Waals surface area contributed by atoms with E-state index in [2.05, 4.69) is 0 Å². The summed E-state index contributed by atoms with van der Waals surface area (Å²) in [5.74, 6) is -15.6. The lowest BCUT2D eigenvalue weighted by molar-refractivity contribution is -0.218. The first kappa shape index (κ1) is 41.3. The van der Waals surface area contributed by atoms with E-state index in [9.17, 15) is 69.9 Å². The first-order valence-corrected chi connectivity index (χ1v) is 18.5. The highest BCUT2D eigenvalue weighted by molar-refractivity contribution is 5.92. The maximum absolute atomic E-state index is 14.4. The molecule has 0 unspecified atom stereocenters. The standard InChI is InChI=1S/C43H36O18/c44-23-7-1-19(13-27(23)48)3-11-33(52)58-31-17-43(42(56)57)18-32(39(31)60-34(53)12-4-20-2-8-24(45)28(49)14-20)59-40(54)37-35(21-5-9-25(46)29(50)15-21)36(38(37)41(55)61-43)22-6-10-26(47)30(51)16-22/h1-16,31-32,35-39,44-51H,17-18H2,(H,56,57)/b11-3+,12-4+/t31-,32-,35+,36-,37-,38+,39-,43-/m1/s1. The number of carboxylic acid groups (broad SMARTS) is 1. The molecule has 4 aromatic carbocycles. The van der Waals surface area contributed by atoms with Crippen LogP contribution in [0.3, 0.4) is 0 Å². The number of aromatic hydroxyl groups is 8. The van der Waals surface area contributed by atoms with Gasteiger partial charge in [0.2, 0.25) is 5.60 Å². The molecular weight excluding hydrogens is 804 g/mol. The first-order chi connectivity index (χ1) is 28.9. The number of carboxylic acids is 1. The largest absolute Gasteiger partial charge is 0.504 e. The van der Waals surface area contributed by atoms with Crippen molar-refractivity contribution in [2.45, 2.75) is 48.6 Å². The Bertz CT molecular complexity index is 2510. The summed E-state index contributed by atoms with van der Waals surface area (Å²) in [6.07, 6.45) is -2.83. The van der Waals surface area contributed by atoms with Crippen LogP contribution in [0.1, 0.15) is 46.9 Å². The van der Waals surface area contributed by atoms with Gasteiger partial charge in [-0.2, -0.15) is 0 Å². The van der Waals surface area contributed by atoms with Crippen molar-refractivity contribution in [2.24, 2.45) is 11.8 Å². The minimum atomic E-state index is -2.58. The number of hydrogen-bond donors (Lipinski definition) is 9. The number of phenolic OH excluding ortho intramolecular Hbond substituents is 8. The molecule has 0 spiro atoms. The molecule has 9 N–H and O–H groups in total. The summed E-state index contributed by atoms with van der Waals surface area (Å²) in [5, 5.41) is 90.7. The fourth-order valence-corrected chi connectivity index (χ4v) is 8.00. The summed E-state index contributed by atoms with van der Waals surface area (Å²) in [6, 6.07) is 14.5. The third-order valence-corrected chi connectivity index (χ3v) is 11.0. The molecule has 7 rings (SSSR count). The fraction of sp³-hybridized carbons (Fsp3) is 0.233. The predicted octanol–water partition coefficient (Wildman–Crippen LogP) is 3.78. The molecular formula is C43H36O18. The number of carbonyl (C=O) groups is 5. The number of hydrogen-bond acceptors (Lipinski definition) is 17. The quantitative estimate of drug-likeness (QED) is 0.0501. The summed E-state index contributed by atoms with van der Waals surface area (Å²) in [6.45, 7) is 0. The molecule has 3 aliphatic rings. The van der Waals surface area contributed by atoms with E-state index in [0.29, 0.717) is 0 Å². The fourth-order valence-electron chi connectivity index (χ4n) is 8.00. The minimum Gasteiger partial charge on any atom is -0.504 e. The number of rotatable bonds is 9. The van der Waals surface area contributed by atoms with Crippen molar-refractivity contribution >= 4 is 42.0 Å². The number of fused-ring (bicyclic) bond motifs is 3. The molecule has 4 aromatic rings. The molecule has 1 saturated heterocycles. The van der Waals surface area contributed by atoms with Gasteiger partial charge in [-0.25, -0.2) is 14.4 Å². The summed E-state index contributed by atoms with van der Waals surface area (Å²) in [7, 11) is 0. The Kier molecular flexibility index (Phi) is 10.9. The van der Waals surface area contributed by atoms with Gasteiger partial charge < -0.3 is 64.9 Å². The Hall–Kier alpha value is -7.89. The lowest BCUT2D eigenvalue weighted by atomic mass is 9.52. The molecule has 18 heteroatoms. The second kappa shape index (κ2) is 16.0. The molecule has 2 bridgehead atoms. The normalized spacial score (nSPS) is 25.8. The smallest absolute Gasteiger partial charge is 0.348 e. The van der Waals surface area contributed by atoms with Crippen molar-refractivity contribution in [3.63, 3.8) is 0 Å². The summed E-state index contributed by atoms with van der Waals surface area (Å²) in [5.41, 5.74) is -1.75. The molecule has 2 saturated carbocycles. The third kappa shape index (κ3) is 8.10. The van der Waals surface area contributed by atoms with Gasteiger partial charge in [0.15, 0.2) is 52.1 Å². The monoisotopic (exact) mass is 840 g/mol. The molecule has 0 aromatic heterocycles. The Morgan fingerprint density at radius 3 is 1.46 bits per heavy atom. The minimum absolute atomic E-state index is 0.187. The molecule has 18 nitrogen and oxygen atoms in total. The van der Waals surface area contributed by atoms with Crippen molar-refractivity contribution in [2.75, 3.05) is 0 Å². The Morgan fingerprint density at radius 2 is 1.00 bits per heavy atom. The van der Waals surface area contributed by atoms with Crippen molar-refractivity contribution in [3.05, 3.63) is 107 Å². The highest BCUT2D eigenvalue weighted by Crippen LogP contribution is 2.61. The van der Waals surface area contributed by atoms with Crippen LogP contribution in [0.4, 0.5) is 0 Å². The number of aliphatic carboxylic acids is 1. The van der Waals surface area contributed by atoms with Crippen LogP contribution >= 0.6 is 0 Å². The van der Waals surface area contributed by atoms with E-state index in [1.165, 1.54) is 36.4 Å². The average molecular weight is 841 g/mol. The van der Waals surface area contributed by atoms with Crippen LogP contribution < -0.4 is 0 Å². The van der Waals surface area contributed by atoms with Crippen molar-refractivity contribution < 1.29 is 88.9 Å². The van der Waals surface area contributed by atoms with Crippen molar-refractivity contribution in [1.29, 1.82) is 0 Å². The molecule has 61 heavy (non-hydrogen) atoms. The molecule has 1 aliphatic heterocycles. The van der Waals surface area contributed by atoms with E-state index < -0.39 is 136 Å². The third-order valence-electron chi connectivity index (χ3n) is 11.0. The van der Waals surface area contributed by atoms with Crippen LogP contribution in [0.25, 0.3) is 12.2 Å². The zero-order chi connectivity index (χ0) is 43.9. The number of carbonyl (C=O) groups excluding carboxylic acids is 4. The lowest BCUT2D eigenvalue weighted by Gasteiger charge is -2.49. The van der Waals surface area contributed by atoms with Gasteiger partial charge in [-0.1, -0.05) is 24.3 Å². The summed E-state index contributed by atoms with van der Waals surface area (Å²) in [4.78, 5) is 68.8. The van der Waals surface area contributed by atoms with Crippen LogP contribution in [0.5, 0.6) is 46.0 Å². The molecule has 0 radical (unpaired) electrons. The SMILES string of the molecule is O=C(/C=C/c1ccc(O)c(O)c1)O[C@@H]1[C@H](OC(=O)/C=C/c2ccc(O)c(O)c2)C[C@]2(C(=O)O)C[C@H]1OC(=O)[C@H]1[C@@H](C(=O)O2)[C@H](c2ccc(O)c(O)c2)[C@@H]1c1ccc(O)c(O)c1. The van der Waals surface area contributed by atoms with E-state index in [4.69, 9.17) is 18.9 Å². The van der Waals surface area contributed by atoms with E-state index in [-0.39, 0.29) is 22.3 Å². The van der Waals surface area contributed by atoms with Gasteiger partial charge in [-0.15, -0.1) is 0 Å². The van der Waals surface area contributed by atoms with Gasteiger partial charge in [0.1, 0.15) is 12.2 Å². The van der Waals surface area contributed by atoms with Gasteiger partial charge >= 0.3 is 29.8 Å². The van der Waals surface area contributed by atoms with Gasteiger partial charge in [0.05, 0.1) is 11.8 Å². The topological polar surface area (TPSA) is 304 Å². The highest BCUT2D eigenvalue weighted by Gasteiger charge is 2.65. The van der Waals surface area contributed by atoms with Gasteiger partial charge in [-0.05, 0) is 82.9 Å². The second-order valence-corrected chi connectivity index (χ2v) is 14.7. The van der Waals surface area contributed by atoms with Crippen LogP contribution in [-0.2, 0) is 42.9 Å². The van der Waals surface area contributed by atoms with Gasteiger partial charge in [0, 0.05) is 36.8 Å². The molecule has 0 amide bonds. The van der Waals surface area contributed by atoms with E-state index >= 15 is 0 Å². The predicted molar refractivity (Wildman–Crippen MR) is 205 cm³/mol. The molecule has 3 fully saturated rings. The highest BCUT2D eigenvalue weighted by atomic mass is 16.6. The van der Waals surface area contributed by atoms with Crippen LogP contribution in [0.2, 0.25) is 0 Å². The molecule has 8 atom stereocenters. The second-order valence-electron chi connectivity index (χ2n) is 14.7. The van der Waals surface area contributed by atoms with Gasteiger partial charge in [0.25, 0.3) is 0 Å². The summed E-state index contributed by atoms with van der Waals surface area (Å²) < 4.78 is 23.1. The van der Waals surface area contributed by atoms with Crippen molar-refractivity contribution in [3.8, 4) is 46.0 Å². The molecule has 2 aliphatic carbocycles. The maximum atomic E-state index is 14.4. The number of ether oxygens (including phenoxy) is 4. The average Bonchev–Trinajstić information content (AvgIpc) is 3.21. The van der Waals surface area contributed by atoms with Crippen LogP contribution in [0.15, 0.2) is 84.9 Å². The van der Waals surface area contributed by atoms with E-state index in [1.807, 2.05) is 0 Å². The number of esters is 4. The number of benzene rings is 4. The lowest BCUT2D eigenvalue weighted by Crippen LogP contribution is -2.60. The van der Waals surface area contributed by atoms with E-state index in [0.717, 1.165) is 60.7 Å². The van der Waals surface area contributed by atoms with Crippen LogP contribution in [-0.4, -0.2) is 99.7 Å². The zero-order valence-electron chi connectivity index (χ0n) is 31.4. The Balaban J connectivity index is 1.28. The van der Waals surface area contributed by atoms with Crippen molar-refractivity contribution in [1.82, 2.24) is 0 Å². The Morgan fingerprint density at radius 1 is 0.557 bits per heavy atom. The molecule has 316 valence electrons. The Labute approximate surface area is 344 Å². The molecule has 1 heterocycles. The maximum Gasteiger partial charge on any atom is 0.348 e. The number of phenols is 8. The first-order valence-electron chi connectivity index (χ1n) is 18.5.